The van der Waals surface area contributed by atoms with Crippen molar-refractivity contribution in [3.63, 3.8) is 0 Å². The topological polar surface area (TPSA) is 65.1 Å². The number of nitrogens with two attached hydrogens (primary N) is 1. The van der Waals surface area contributed by atoms with Crippen LogP contribution in [0.1, 0.15) is 36.3 Å². The Labute approximate surface area is 137 Å². The SMILES string of the molecule is CC1(C)CC(=O)c2c(n(-c3cccc(Br)c3)c(N)cc2=O)C1. The van der Waals surface area contributed by atoms with Gasteiger partial charge in [0.2, 0.25) is 0 Å². The Morgan fingerprint density at radius 2 is 1.91 bits per heavy atom. The molecular formula is C17H17BrN2O2. The van der Waals surface area contributed by atoms with Gasteiger partial charge in [-0.15, -0.1) is 0 Å². The van der Waals surface area contributed by atoms with Crippen molar-refractivity contribution in [3.8, 4) is 5.69 Å². The minimum absolute atomic E-state index is 0.0972. The fourth-order valence-electron chi connectivity index (χ4n) is 3.11. The second-order valence-corrected chi connectivity index (χ2v) is 7.43. The van der Waals surface area contributed by atoms with Gasteiger partial charge < -0.3 is 5.73 Å². The number of ketones is 1. The lowest BCUT2D eigenvalue weighted by Crippen LogP contribution is -2.35. The number of nitrogen functional groups attached to an aromatic ring is 1. The van der Waals surface area contributed by atoms with Crippen molar-refractivity contribution in [2.24, 2.45) is 5.41 Å². The lowest BCUT2D eigenvalue weighted by molar-refractivity contribution is 0.0908. The second kappa shape index (κ2) is 5.09. The number of halogens is 1. The fourth-order valence-corrected chi connectivity index (χ4v) is 3.49. The smallest absolute Gasteiger partial charge is 0.194 e. The first-order valence-corrected chi connectivity index (χ1v) is 7.91. The zero-order valence-corrected chi connectivity index (χ0v) is 14.1. The fraction of sp³-hybridized carbons (Fsp3) is 0.294. The Bertz CT molecular complexity index is 837. The zero-order valence-electron chi connectivity index (χ0n) is 12.5. The van der Waals surface area contributed by atoms with Gasteiger partial charge in [0.15, 0.2) is 11.2 Å². The average molecular weight is 361 g/mol. The number of benzene rings is 1. The molecule has 1 aliphatic carbocycles. The van der Waals surface area contributed by atoms with Gasteiger partial charge >= 0.3 is 0 Å². The van der Waals surface area contributed by atoms with Crippen LogP contribution in [0.3, 0.4) is 0 Å². The van der Waals surface area contributed by atoms with E-state index in [0.29, 0.717) is 24.4 Å². The molecule has 0 saturated carbocycles. The highest BCUT2D eigenvalue weighted by atomic mass is 79.9. The lowest BCUT2D eigenvalue weighted by Gasteiger charge is -2.32. The molecule has 0 aliphatic heterocycles. The van der Waals surface area contributed by atoms with Crippen LogP contribution in [0.4, 0.5) is 5.82 Å². The maximum atomic E-state index is 12.4. The number of aromatic nitrogens is 1. The first kappa shape index (κ1) is 15.0. The maximum absolute atomic E-state index is 12.4. The Hall–Kier alpha value is -1.88. The van der Waals surface area contributed by atoms with E-state index in [9.17, 15) is 9.59 Å². The van der Waals surface area contributed by atoms with Gasteiger partial charge in [0.1, 0.15) is 5.82 Å². The van der Waals surface area contributed by atoms with Crippen molar-refractivity contribution in [3.05, 3.63) is 56.3 Å². The molecule has 0 amide bonds. The summed E-state index contributed by atoms with van der Waals surface area (Å²) in [6.45, 7) is 4.07. The number of hydrogen-bond donors (Lipinski definition) is 1. The van der Waals surface area contributed by atoms with Crippen molar-refractivity contribution in [1.82, 2.24) is 4.57 Å². The molecule has 1 aromatic heterocycles. The molecule has 5 heteroatoms. The summed E-state index contributed by atoms with van der Waals surface area (Å²) in [6, 6.07) is 9.00. The Balaban J connectivity index is 2.35. The molecule has 3 rings (SSSR count). The highest BCUT2D eigenvalue weighted by molar-refractivity contribution is 9.10. The summed E-state index contributed by atoms with van der Waals surface area (Å²) < 4.78 is 2.73. The minimum atomic E-state index is -0.278. The molecule has 1 heterocycles. The van der Waals surface area contributed by atoms with Crippen molar-refractivity contribution >= 4 is 27.5 Å². The molecule has 0 spiro atoms. The minimum Gasteiger partial charge on any atom is -0.385 e. The first-order chi connectivity index (χ1) is 10.3. The van der Waals surface area contributed by atoms with Crippen LogP contribution in [-0.4, -0.2) is 10.4 Å². The van der Waals surface area contributed by atoms with Crippen LogP contribution in [0.2, 0.25) is 0 Å². The number of nitrogens with zero attached hydrogens (tertiary/aromatic N) is 1. The summed E-state index contributed by atoms with van der Waals surface area (Å²) >= 11 is 3.45. The molecule has 0 saturated heterocycles. The molecule has 0 atom stereocenters. The maximum Gasteiger partial charge on any atom is 0.194 e. The van der Waals surface area contributed by atoms with Crippen LogP contribution in [0.15, 0.2) is 39.6 Å². The van der Waals surface area contributed by atoms with E-state index in [1.165, 1.54) is 6.07 Å². The molecule has 0 radical (unpaired) electrons. The summed E-state index contributed by atoms with van der Waals surface area (Å²) in [6.07, 6.45) is 1.03. The number of anilines is 1. The van der Waals surface area contributed by atoms with Crippen LogP contribution < -0.4 is 11.2 Å². The molecule has 22 heavy (non-hydrogen) atoms. The van der Waals surface area contributed by atoms with Crippen LogP contribution in [0.5, 0.6) is 0 Å². The van der Waals surface area contributed by atoms with Gasteiger partial charge in [0, 0.05) is 28.3 Å². The van der Waals surface area contributed by atoms with E-state index in [1.807, 2.05) is 42.7 Å². The van der Waals surface area contributed by atoms with Gasteiger partial charge in [-0.3, -0.25) is 14.2 Å². The molecule has 4 nitrogen and oxygen atoms in total. The molecule has 2 N–H and O–H groups in total. The van der Waals surface area contributed by atoms with Crippen molar-refractivity contribution in [2.45, 2.75) is 26.7 Å². The Morgan fingerprint density at radius 3 is 2.59 bits per heavy atom. The Kier molecular flexibility index (Phi) is 3.48. The number of carbonyl (C=O) groups is 1. The van der Waals surface area contributed by atoms with Crippen LogP contribution in [-0.2, 0) is 6.42 Å². The predicted octanol–water partition coefficient (Wildman–Crippen LogP) is 3.34. The summed E-state index contributed by atoms with van der Waals surface area (Å²) in [4.78, 5) is 24.7. The summed E-state index contributed by atoms with van der Waals surface area (Å²) in [5, 5.41) is 0. The molecular weight excluding hydrogens is 344 g/mol. The van der Waals surface area contributed by atoms with Gasteiger partial charge in [0.25, 0.3) is 0 Å². The van der Waals surface area contributed by atoms with Crippen LogP contribution in [0.25, 0.3) is 5.69 Å². The van der Waals surface area contributed by atoms with Gasteiger partial charge in [-0.05, 0) is 30.0 Å². The summed E-state index contributed by atoms with van der Waals surface area (Å²) in [5.41, 5.74) is 7.48. The largest absolute Gasteiger partial charge is 0.385 e. The first-order valence-electron chi connectivity index (χ1n) is 7.12. The number of carbonyl (C=O) groups excluding carboxylic acids is 1. The van der Waals surface area contributed by atoms with Crippen molar-refractivity contribution < 1.29 is 4.79 Å². The second-order valence-electron chi connectivity index (χ2n) is 6.51. The van der Waals surface area contributed by atoms with Crippen molar-refractivity contribution in [2.75, 3.05) is 5.73 Å². The van der Waals surface area contributed by atoms with Crippen LogP contribution >= 0.6 is 15.9 Å². The normalized spacial score (nSPS) is 16.4. The molecule has 0 fully saturated rings. The molecule has 0 bridgehead atoms. The van der Waals surface area contributed by atoms with E-state index in [-0.39, 0.29) is 22.2 Å². The average Bonchev–Trinajstić information content (AvgIpc) is 2.35. The number of fused-ring (bicyclic) bond motifs is 1. The number of hydrogen-bond acceptors (Lipinski definition) is 3. The van der Waals surface area contributed by atoms with Gasteiger partial charge in [-0.2, -0.15) is 0 Å². The van der Waals surface area contributed by atoms with Crippen molar-refractivity contribution in [1.29, 1.82) is 0 Å². The summed E-state index contributed by atoms with van der Waals surface area (Å²) in [5.74, 6) is 0.257. The molecule has 1 aliphatic rings. The van der Waals surface area contributed by atoms with Gasteiger partial charge in [0.05, 0.1) is 5.56 Å². The van der Waals surface area contributed by atoms with E-state index in [1.54, 1.807) is 0 Å². The van der Waals surface area contributed by atoms with Crippen LogP contribution in [0, 0.1) is 5.41 Å². The third-order valence-corrected chi connectivity index (χ3v) is 4.47. The van der Waals surface area contributed by atoms with Gasteiger partial charge in [-0.25, -0.2) is 0 Å². The van der Waals surface area contributed by atoms with E-state index >= 15 is 0 Å². The molecule has 114 valence electrons. The third-order valence-electron chi connectivity index (χ3n) is 3.97. The monoisotopic (exact) mass is 360 g/mol. The third kappa shape index (κ3) is 2.50. The number of rotatable bonds is 1. The zero-order chi connectivity index (χ0) is 16.1. The van der Waals surface area contributed by atoms with E-state index in [0.717, 1.165) is 10.2 Å². The van der Waals surface area contributed by atoms with E-state index in [2.05, 4.69) is 15.9 Å². The quantitative estimate of drug-likeness (QED) is 0.847. The Morgan fingerprint density at radius 1 is 1.18 bits per heavy atom. The number of pyridine rings is 1. The highest BCUT2D eigenvalue weighted by Crippen LogP contribution is 2.35. The highest BCUT2D eigenvalue weighted by Gasteiger charge is 2.35. The molecule has 2 aromatic rings. The molecule has 0 unspecified atom stereocenters. The van der Waals surface area contributed by atoms with Gasteiger partial charge in [-0.1, -0.05) is 35.8 Å². The summed E-state index contributed by atoms with van der Waals surface area (Å²) in [7, 11) is 0. The van der Waals surface area contributed by atoms with E-state index in [4.69, 9.17) is 5.73 Å². The molecule has 1 aromatic carbocycles. The number of Topliss-reactive ketones (excluding diaryl/α,β-unsaturated/α-hetero) is 1. The predicted molar refractivity (Wildman–Crippen MR) is 90.6 cm³/mol. The lowest BCUT2D eigenvalue weighted by atomic mass is 9.75. The van der Waals surface area contributed by atoms with E-state index < -0.39 is 0 Å². The standard InChI is InChI=1S/C17H17BrN2O2/c1-17(2)8-12-16(14(22)9-17)13(21)7-15(19)20(12)11-5-3-4-10(18)6-11/h3-7H,8-9,19H2,1-2H3.